The van der Waals surface area contributed by atoms with Crippen molar-refractivity contribution in [1.29, 1.82) is 0 Å². The summed E-state index contributed by atoms with van der Waals surface area (Å²) in [5, 5.41) is 13.5. The second-order valence-electron chi connectivity index (χ2n) is 8.59. The second-order valence-corrected chi connectivity index (χ2v) is 8.59. The maximum absolute atomic E-state index is 13.0. The number of nitrogens with one attached hydrogen (secondary N) is 2. The maximum Gasteiger partial charge on any atom is 0.303 e. The van der Waals surface area contributed by atoms with E-state index in [0.29, 0.717) is 12.8 Å². The summed E-state index contributed by atoms with van der Waals surface area (Å²) in [4.78, 5) is 73.3. The van der Waals surface area contributed by atoms with Crippen molar-refractivity contribution in [2.24, 2.45) is 0 Å². The highest BCUT2D eigenvalue weighted by Gasteiger charge is 2.45. The van der Waals surface area contributed by atoms with Gasteiger partial charge in [-0.1, -0.05) is 38.2 Å². The van der Waals surface area contributed by atoms with Crippen molar-refractivity contribution in [3.63, 3.8) is 0 Å². The molecule has 2 heterocycles. The molecule has 182 valence electrons. The van der Waals surface area contributed by atoms with Crippen molar-refractivity contribution in [2.45, 2.75) is 76.7 Å². The lowest BCUT2D eigenvalue weighted by Crippen LogP contribution is -2.54. The number of hydrogen-bond acceptors (Lipinski definition) is 6. The van der Waals surface area contributed by atoms with Crippen LogP contribution in [-0.2, 0) is 19.2 Å². The Morgan fingerprint density at radius 1 is 0.941 bits per heavy atom. The summed E-state index contributed by atoms with van der Waals surface area (Å²) in [6.07, 6.45) is 6.57. The molecule has 0 bridgehead atoms. The predicted octanol–water partition coefficient (Wildman–Crippen LogP) is 2.62. The van der Waals surface area contributed by atoms with E-state index >= 15 is 0 Å². The van der Waals surface area contributed by atoms with Gasteiger partial charge in [-0.15, -0.1) is 0 Å². The third-order valence-corrected chi connectivity index (χ3v) is 6.04. The molecule has 0 spiro atoms. The van der Waals surface area contributed by atoms with Crippen molar-refractivity contribution in [2.75, 3.05) is 5.32 Å². The first kappa shape index (κ1) is 25.1. The standard InChI is InChI=1S/C24H29N3O7/c28-18(11-6-4-2-1-3-5-7-12-20(30)31)25-16-10-8-9-15-21(16)24(34)27(23(15)33)17-13-14-19(29)26-22(17)32/h8-10,17H,1-7,11-14H2,(H,25,28)(H,30,31)(H,26,29,32). The van der Waals surface area contributed by atoms with Crippen LogP contribution in [0.25, 0.3) is 0 Å². The summed E-state index contributed by atoms with van der Waals surface area (Å²) < 4.78 is 0. The number of carboxylic acids is 1. The number of piperidine rings is 1. The highest BCUT2D eigenvalue weighted by Crippen LogP contribution is 2.32. The second kappa shape index (κ2) is 11.5. The number of rotatable bonds is 12. The topological polar surface area (TPSA) is 150 Å². The Hall–Kier alpha value is -3.56. The Balaban J connectivity index is 1.50. The number of unbranched alkanes of at least 4 members (excludes halogenated alkanes) is 6. The largest absolute Gasteiger partial charge is 0.481 e. The van der Waals surface area contributed by atoms with E-state index in [1.54, 1.807) is 12.1 Å². The number of fused-ring (bicyclic) bond motifs is 1. The van der Waals surface area contributed by atoms with Crippen molar-refractivity contribution in [3.05, 3.63) is 29.3 Å². The molecule has 0 aromatic heterocycles. The van der Waals surface area contributed by atoms with E-state index in [1.807, 2.05) is 0 Å². The van der Waals surface area contributed by atoms with Crippen LogP contribution in [0.4, 0.5) is 5.69 Å². The molecule has 1 unspecified atom stereocenters. The fourth-order valence-corrected chi connectivity index (χ4v) is 4.28. The van der Waals surface area contributed by atoms with Crippen LogP contribution in [0.1, 0.15) is 91.3 Å². The van der Waals surface area contributed by atoms with Gasteiger partial charge in [-0.25, -0.2) is 0 Å². The van der Waals surface area contributed by atoms with E-state index in [2.05, 4.69) is 10.6 Å². The lowest BCUT2D eigenvalue weighted by Gasteiger charge is -2.27. The molecule has 1 aromatic rings. The molecule has 5 amide bonds. The third-order valence-electron chi connectivity index (χ3n) is 6.04. The predicted molar refractivity (Wildman–Crippen MR) is 121 cm³/mol. The Bertz CT molecular complexity index is 1000. The molecule has 1 atom stereocenters. The van der Waals surface area contributed by atoms with Crippen molar-refractivity contribution < 1.29 is 33.9 Å². The molecule has 2 aliphatic heterocycles. The first-order valence-electron chi connectivity index (χ1n) is 11.7. The van der Waals surface area contributed by atoms with Gasteiger partial charge in [0.1, 0.15) is 6.04 Å². The Kier molecular flexibility index (Phi) is 8.50. The zero-order valence-electron chi connectivity index (χ0n) is 18.9. The molecule has 3 N–H and O–H groups in total. The average molecular weight is 472 g/mol. The molecule has 1 saturated heterocycles. The molecule has 1 aromatic carbocycles. The van der Waals surface area contributed by atoms with Crippen LogP contribution >= 0.6 is 0 Å². The number of carbonyl (C=O) groups is 6. The van der Waals surface area contributed by atoms with Crippen molar-refractivity contribution in [1.82, 2.24) is 10.2 Å². The average Bonchev–Trinajstić information content (AvgIpc) is 3.03. The lowest BCUT2D eigenvalue weighted by atomic mass is 10.0. The van der Waals surface area contributed by atoms with Gasteiger partial charge in [0.05, 0.1) is 16.8 Å². The SMILES string of the molecule is O=C(O)CCCCCCCCCC(=O)Nc1cccc2c1C(=O)N(C1CCC(=O)NC1=O)C2=O. The van der Waals surface area contributed by atoms with Crippen LogP contribution in [0.3, 0.4) is 0 Å². The van der Waals surface area contributed by atoms with Gasteiger partial charge in [0.15, 0.2) is 0 Å². The number of carboxylic acid groups (broad SMARTS) is 1. The van der Waals surface area contributed by atoms with Gasteiger partial charge in [0.2, 0.25) is 17.7 Å². The molecule has 2 aliphatic rings. The molecule has 0 saturated carbocycles. The van der Waals surface area contributed by atoms with Crippen molar-refractivity contribution in [3.8, 4) is 0 Å². The summed E-state index contributed by atoms with van der Waals surface area (Å²) >= 11 is 0. The van der Waals surface area contributed by atoms with Gasteiger partial charge in [0, 0.05) is 19.3 Å². The monoisotopic (exact) mass is 471 g/mol. The van der Waals surface area contributed by atoms with Crippen molar-refractivity contribution >= 4 is 41.2 Å². The Morgan fingerprint density at radius 2 is 1.59 bits per heavy atom. The minimum Gasteiger partial charge on any atom is -0.481 e. The summed E-state index contributed by atoms with van der Waals surface area (Å²) in [6, 6.07) is 3.54. The number of benzene rings is 1. The molecule has 10 nitrogen and oxygen atoms in total. The molecule has 34 heavy (non-hydrogen) atoms. The summed E-state index contributed by atoms with van der Waals surface area (Å²) in [5.74, 6) is -3.44. The van der Waals surface area contributed by atoms with Crippen LogP contribution in [0.2, 0.25) is 0 Å². The smallest absolute Gasteiger partial charge is 0.303 e. The van der Waals surface area contributed by atoms with E-state index in [0.717, 1.165) is 37.0 Å². The number of carbonyl (C=O) groups excluding carboxylic acids is 5. The fraction of sp³-hybridized carbons (Fsp3) is 0.500. The molecule has 3 rings (SSSR count). The van der Waals surface area contributed by atoms with Gasteiger partial charge in [-0.3, -0.25) is 39.0 Å². The van der Waals surface area contributed by atoms with E-state index in [1.165, 1.54) is 6.07 Å². The van der Waals surface area contributed by atoms with Gasteiger partial charge in [-0.05, 0) is 31.4 Å². The van der Waals surface area contributed by atoms with E-state index in [4.69, 9.17) is 5.11 Å². The number of nitrogens with zero attached hydrogens (tertiary/aromatic N) is 1. The highest BCUT2D eigenvalue weighted by molar-refractivity contribution is 6.26. The summed E-state index contributed by atoms with van der Waals surface area (Å²) in [6.45, 7) is 0. The number of anilines is 1. The molecule has 1 fully saturated rings. The molecule has 0 aliphatic carbocycles. The number of amides is 5. The van der Waals surface area contributed by atoms with Crippen LogP contribution < -0.4 is 10.6 Å². The zero-order chi connectivity index (χ0) is 24.7. The zero-order valence-corrected chi connectivity index (χ0v) is 18.9. The first-order valence-corrected chi connectivity index (χ1v) is 11.7. The maximum atomic E-state index is 13.0. The molecule has 10 heteroatoms. The van der Waals surface area contributed by atoms with E-state index < -0.39 is 35.6 Å². The normalized spacial score (nSPS) is 17.5. The summed E-state index contributed by atoms with van der Waals surface area (Å²) in [5.41, 5.74) is 0.413. The number of aliphatic carboxylic acids is 1. The van der Waals surface area contributed by atoms with Gasteiger partial charge in [-0.2, -0.15) is 0 Å². The lowest BCUT2D eigenvalue weighted by molar-refractivity contribution is -0.138. The van der Waals surface area contributed by atoms with Crippen LogP contribution in [-0.4, -0.2) is 51.6 Å². The summed E-state index contributed by atoms with van der Waals surface area (Å²) in [7, 11) is 0. The van der Waals surface area contributed by atoms with Crippen LogP contribution in [0, 0.1) is 0 Å². The Morgan fingerprint density at radius 3 is 2.24 bits per heavy atom. The van der Waals surface area contributed by atoms with E-state index in [9.17, 15) is 28.8 Å². The van der Waals surface area contributed by atoms with Crippen LogP contribution in [0.5, 0.6) is 0 Å². The molecular formula is C24H29N3O7. The Labute approximate surface area is 197 Å². The quantitative estimate of drug-likeness (QED) is 0.313. The van der Waals surface area contributed by atoms with Gasteiger partial charge < -0.3 is 10.4 Å². The molecular weight excluding hydrogens is 442 g/mol. The number of imide groups is 2. The fourth-order valence-electron chi connectivity index (χ4n) is 4.28. The van der Waals surface area contributed by atoms with E-state index in [-0.39, 0.29) is 48.4 Å². The first-order chi connectivity index (χ1) is 16.3. The third kappa shape index (κ3) is 6.06. The highest BCUT2D eigenvalue weighted by atomic mass is 16.4. The minimum atomic E-state index is -1.06. The number of hydrogen-bond donors (Lipinski definition) is 3. The van der Waals surface area contributed by atoms with Gasteiger partial charge in [0.25, 0.3) is 11.8 Å². The minimum absolute atomic E-state index is 0.0374. The van der Waals surface area contributed by atoms with Crippen LogP contribution in [0.15, 0.2) is 18.2 Å². The molecule has 0 radical (unpaired) electrons. The van der Waals surface area contributed by atoms with Gasteiger partial charge >= 0.3 is 5.97 Å².